The van der Waals surface area contributed by atoms with E-state index in [1.807, 2.05) is 24.3 Å². The molecule has 2 N–H and O–H groups in total. The number of Topliss-reactive ketones (excluding diaryl/α,β-unsaturated/α-hetero) is 1. The fourth-order valence-electron chi connectivity index (χ4n) is 3.28. The van der Waals surface area contributed by atoms with Crippen molar-refractivity contribution in [2.45, 2.75) is 30.0 Å². The molecule has 0 amide bonds. The second-order valence-electron chi connectivity index (χ2n) is 5.07. The van der Waals surface area contributed by atoms with E-state index >= 15 is 0 Å². The Bertz CT molecular complexity index is 509. The molecule has 1 aromatic carbocycles. The summed E-state index contributed by atoms with van der Waals surface area (Å²) in [6, 6.07) is 7.58. The lowest BCUT2D eigenvalue weighted by molar-refractivity contribution is -0.126. The number of benzene rings is 1. The lowest BCUT2D eigenvalue weighted by atomic mass is 9.34. The highest BCUT2D eigenvalue weighted by atomic mass is 35.5. The Morgan fingerprint density at radius 3 is 2.88 bits per heavy atom. The molecule has 0 aromatic heterocycles. The molecule has 2 aliphatic rings. The Morgan fingerprint density at radius 1 is 1.41 bits per heavy atom. The third-order valence-corrected chi connectivity index (χ3v) is 4.90. The van der Waals surface area contributed by atoms with E-state index < -0.39 is 10.8 Å². The molecule has 1 aromatic rings. The zero-order valence-corrected chi connectivity index (χ0v) is 10.2. The number of halogens is 1. The predicted octanol–water partition coefficient (Wildman–Crippen LogP) is 0.911. The summed E-state index contributed by atoms with van der Waals surface area (Å²) in [6.07, 6.45) is 1.57. The largest absolute Gasteiger partial charge is 0.316 e. The Balaban J connectivity index is 2.29. The normalized spacial score (nSPS) is 35.6. The average Bonchev–Trinajstić information content (AvgIpc) is 2.51. The van der Waals surface area contributed by atoms with Gasteiger partial charge in [-0.1, -0.05) is 36.1 Å². The second-order valence-corrected chi connectivity index (χ2v) is 5.51. The third kappa shape index (κ3) is 1.15. The Morgan fingerprint density at radius 2 is 2.12 bits per heavy atom. The maximum atomic E-state index is 12.2. The minimum atomic E-state index is -1.10. The summed E-state index contributed by atoms with van der Waals surface area (Å²) >= 11 is 6.46. The maximum absolute atomic E-state index is 12.2. The van der Waals surface area contributed by atoms with Gasteiger partial charge >= 0.3 is 0 Å². The fourth-order valence-corrected chi connectivity index (χ4v) is 3.75. The first-order valence-electron chi connectivity index (χ1n) is 5.86. The Hall–Kier alpha value is -0.730. The van der Waals surface area contributed by atoms with Crippen molar-refractivity contribution in [1.82, 2.24) is 0 Å². The summed E-state index contributed by atoms with van der Waals surface area (Å²) in [4.78, 5) is 12.2. The Kier molecular flexibility index (Phi) is 2.27. The van der Waals surface area contributed by atoms with Gasteiger partial charge in [0.1, 0.15) is 0 Å². The SMILES string of the molecule is [B]C12CCCC(=O)C1(N)c1ccccc1B2Cl. The van der Waals surface area contributed by atoms with E-state index in [-0.39, 0.29) is 11.9 Å². The van der Waals surface area contributed by atoms with Crippen molar-refractivity contribution in [3.8, 4) is 0 Å². The molecule has 1 fully saturated rings. The molecule has 2 unspecified atom stereocenters. The number of carbonyl (C=O) groups is 1. The van der Waals surface area contributed by atoms with Crippen LogP contribution in [0, 0.1) is 0 Å². The van der Waals surface area contributed by atoms with Crippen LogP contribution < -0.4 is 11.2 Å². The maximum Gasteiger partial charge on any atom is 0.283 e. The van der Waals surface area contributed by atoms with E-state index in [1.54, 1.807) is 0 Å². The highest BCUT2D eigenvalue weighted by Gasteiger charge is 2.63. The van der Waals surface area contributed by atoms with Crippen LogP contribution in [-0.4, -0.2) is 19.8 Å². The first-order chi connectivity index (χ1) is 8.02. The third-order valence-electron chi connectivity index (χ3n) is 4.28. The molecular weight excluding hydrogens is 231 g/mol. The molecule has 0 spiro atoms. The highest BCUT2D eigenvalue weighted by Crippen LogP contribution is 2.56. The molecule has 84 valence electrons. The quantitative estimate of drug-likeness (QED) is 0.688. The van der Waals surface area contributed by atoms with Crippen molar-refractivity contribution >= 4 is 36.7 Å². The molecule has 0 bridgehead atoms. The molecule has 2 nitrogen and oxygen atoms in total. The molecular formula is C12H12B2ClNO. The highest BCUT2D eigenvalue weighted by molar-refractivity contribution is 7.19. The van der Waals surface area contributed by atoms with Crippen LogP contribution in [0.1, 0.15) is 24.8 Å². The zero-order chi connectivity index (χ0) is 12.3. The van der Waals surface area contributed by atoms with Gasteiger partial charge in [-0.05, 0) is 17.2 Å². The van der Waals surface area contributed by atoms with E-state index in [9.17, 15) is 4.79 Å². The van der Waals surface area contributed by atoms with E-state index in [4.69, 9.17) is 25.0 Å². The molecule has 0 saturated heterocycles. The van der Waals surface area contributed by atoms with Crippen molar-refractivity contribution in [2.75, 3.05) is 0 Å². The smallest absolute Gasteiger partial charge is 0.283 e. The molecule has 2 radical (unpaired) electrons. The van der Waals surface area contributed by atoms with Crippen LogP contribution in [0.25, 0.3) is 0 Å². The number of rotatable bonds is 0. The van der Waals surface area contributed by atoms with E-state index in [0.717, 1.165) is 17.4 Å². The molecule has 2 atom stereocenters. The molecule has 1 aliphatic carbocycles. The summed E-state index contributed by atoms with van der Waals surface area (Å²) in [5, 5.41) is -0.840. The predicted molar refractivity (Wildman–Crippen MR) is 70.9 cm³/mol. The summed E-state index contributed by atoms with van der Waals surface area (Å²) in [6.45, 7) is 0. The van der Waals surface area contributed by atoms with Gasteiger partial charge in [-0.3, -0.25) is 4.79 Å². The molecule has 3 rings (SSSR count). The second kappa shape index (κ2) is 3.39. The van der Waals surface area contributed by atoms with E-state index in [0.29, 0.717) is 12.8 Å². The van der Waals surface area contributed by atoms with Crippen LogP contribution >= 0.6 is 11.5 Å². The summed E-state index contributed by atoms with van der Waals surface area (Å²) in [7, 11) is 6.41. The summed E-state index contributed by atoms with van der Waals surface area (Å²) in [5.41, 5.74) is 7.01. The number of hydrogen-bond donors (Lipinski definition) is 1. The van der Waals surface area contributed by atoms with Gasteiger partial charge < -0.3 is 5.73 Å². The first kappa shape index (κ1) is 11.4. The average molecular weight is 243 g/mol. The van der Waals surface area contributed by atoms with Gasteiger partial charge in [0.25, 0.3) is 6.13 Å². The Labute approximate surface area is 107 Å². The van der Waals surface area contributed by atoms with Crippen molar-refractivity contribution in [2.24, 2.45) is 5.73 Å². The number of nitrogens with two attached hydrogens (primary N) is 1. The molecule has 5 heteroatoms. The van der Waals surface area contributed by atoms with Crippen molar-refractivity contribution in [3.05, 3.63) is 29.8 Å². The van der Waals surface area contributed by atoms with Gasteiger partial charge in [-0.2, -0.15) is 11.5 Å². The minimum absolute atomic E-state index is 0.0156. The van der Waals surface area contributed by atoms with Crippen LogP contribution in [0.4, 0.5) is 0 Å². The lowest BCUT2D eigenvalue weighted by Crippen LogP contribution is -2.57. The zero-order valence-electron chi connectivity index (χ0n) is 9.45. The van der Waals surface area contributed by atoms with Crippen molar-refractivity contribution in [1.29, 1.82) is 0 Å². The summed E-state index contributed by atoms with van der Waals surface area (Å²) < 4.78 is 0. The van der Waals surface area contributed by atoms with Gasteiger partial charge in [0.15, 0.2) is 5.78 Å². The van der Waals surface area contributed by atoms with Gasteiger partial charge in [0.05, 0.1) is 13.4 Å². The molecule has 1 saturated carbocycles. The fraction of sp³-hybridized carbons (Fsp3) is 0.417. The van der Waals surface area contributed by atoms with E-state index in [2.05, 4.69) is 0 Å². The van der Waals surface area contributed by atoms with Crippen molar-refractivity contribution in [3.63, 3.8) is 0 Å². The molecule has 17 heavy (non-hydrogen) atoms. The van der Waals surface area contributed by atoms with Crippen molar-refractivity contribution < 1.29 is 4.79 Å². The van der Waals surface area contributed by atoms with E-state index in [1.165, 1.54) is 0 Å². The monoisotopic (exact) mass is 243 g/mol. The number of carbonyl (C=O) groups excluding carboxylic acids is 1. The van der Waals surface area contributed by atoms with Gasteiger partial charge in [-0.15, -0.1) is 0 Å². The summed E-state index contributed by atoms with van der Waals surface area (Å²) in [5.74, 6) is 0.0156. The van der Waals surface area contributed by atoms with Gasteiger partial charge in [-0.25, -0.2) is 0 Å². The number of hydrogen-bond acceptors (Lipinski definition) is 2. The minimum Gasteiger partial charge on any atom is -0.316 e. The van der Waals surface area contributed by atoms with Crippen LogP contribution in [0.5, 0.6) is 0 Å². The van der Waals surface area contributed by atoms with Crippen LogP contribution in [0.15, 0.2) is 24.3 Å². The molecule has 1 heterocycles. The first-order valence-corrected chi connectivity index (χ1v) is 6.30. The topological polar surface area (TPSA) is 43.1 Å². The van der Waals surface area contributed by atoms with Crippen LogP contribution in [-0.2, 0) is 10.3 Å². The lowest BCUT2D eigenvalue weighted by Gasteiger charge is -2.45. The van der Waals surface area contributed by atoms with Crippen LogP contribution in [0.3, 0.4) is 0 Å². The van der Waals surface area contributed by atoms with Gasteiger partial charge in [0, 0.05) is 6.42 Å². The standard InChI is InChI=1S/C12H12B2ClNO/c13-11-7-3-6-10(17)12(11,16)8-4-1-2-5-9(8)14(11)15/h1-2,4-5H,3,6-7,16H2. The van der Waals surface area contributed by atoms with Gasteiger partial charge in [0.2, 0.25) is 0 Å². The number of fused-ring (bicyclic) bond motifs is 3. The molecule has 1 aliphatic heterocycles. The van der Waals surface area contributed by atoms with Crippen LogP contribution in [0.2, 0.25) is 5.21 Å². The number of ketones is 1.